The molecule has 1 heterocycles. The van der Waals surface area contributed by atoms with Crippen molar-refractivity contribution in [3.63, 3.8) is 0 Å². The van der Waals surface area contributed by atoms with E-state index < -0.39 is 30.6 Å². The van der Waals surface area contributed by atoms with Crippen LogP contribution in [-0.2, 0) is 16.1 Å². The molecule has 1 aromatic heterocycles. The number of ether oxygens (including phenoxy) is 2. The lowest BCUT2D eigenvalue weighted by Gasteiger charge is -2.16. The van der Waals surface area contributed by atoms with E-state index in [0.717, 1.165) is 37.7 Å². The van der Waals surface area contributed by atoms with Crippen LogP contribution in [-0.4, -0.2) is 71.5 Å². The molecule has 224 valence electrons. The van der Waals surface area contributed by atoms with Crippen molar-refractivity contribution in [1.82, 2.24) is 26.3 Å². The second-order valence-electron chi connectivity index (χ2n) is 9.15. The predicted molar refractivity (Wildman–Crippen MR) is 150 cm³/mol. The Labute approximate surface area is 239 Å². The molecular formula is C28H39N5O8. The lowest BCUT2D eigenvalue weighted by atomic mass is 10.1. The van der Waals surface area contributed by atoms with Gasteiger partial charge in [0.2, 0.25) is 0 Å². The first kappa shape index (κ1) is 32.7. The van der Waals surface area contributed by atoms with Gasteiger partial charge in [-0.05, 0) is 30.2 Å². The van der Waals surface area contributed by atoms with Crippen LogP contribution in [0.4, 0.5) is 9.59 Å². The summed E-state index contributed by atoms with van der Waals surface area (Å²) in [5, 5.41) is 29.6. The number of unbranched alkanes of at least 4 members (excludes halogenated alkanes) is 5. The van der Waals surface area contributed by atoms with Crippen molar-refractivity contribution in [1.29, 1.82) is 0 Å². The molecule has 4 amide bonds. The first-order valence-electron chi connectivity index (χ1n) is 13.6. The molecule has 2 aromatic rings. The van der Waals surface area contributed by atoms with Crippen molar-refractivity contribution in [2.45, 2.75) is 58.0 Å². The molecule has 0 saturated carbocycles. The fourth-order valence-corrected chi connectivity index (χ4v) is 3.60. The minimum Gasteiger partial charge on any atom is -0.507 e. The second-order valence-corrected chi connectivity index (χ2v) is 9.15. The SMILES string of the molecule is CCCCCCCCOC(=O)N[C@@H](CNC(=O)c1ccc(OCCNC(=O)NCc2cccnc2)cc1O)C(=O)O. The van der Waals surface area contributed by atoms with Gasteiger partial charge in [0.15, 0.2) is 0 Å². The Morgan fingerprint density at radius 2 is 1.76 bits per heavy atom. The molecule has 13 heteroatoms. The lowest BCUT2D eigenvalue weighted by Crippen LogP contribution is -2.48. The van der Waals surface area contributed by atoms with E-state index in [1.54, 1.807) is 18.5 Å². The summed E-state index contributed by atoms with van der Waals surface area (Å²) in [7, 11) is 0. The minimum atomic E-state index is -1.42. The van der Waals surface area contributed by atoms with E-state index in [1.807, 2.05) is 6.07 Å². The number of rotatable bonds is 18. The molecule has 1 atom stereocenters. The Morgan fingerprint density at radius 1 is 0.976 bits per heavy atom. The summed E-state index contributed by atoms with van der Waals surface area (Å²) in [6, 6.07) is 5.79. The summed E-state index contributed by atoms with van der Waals surface area (Å²) in [5.74, 6) is -2.22. The zero-order chi connectivity index (χ0) is 29.9. The number of nitrogens with one attached hydrogen (secondary N) is 4. The number of aromatic hydroxyl groups is 1. The molecular weight excluding hydrogens is 534 g/mol. The third-order valence-corrected chi connectivity index (χ3v) is 5.83. The molecule has 6 N–H and O–H groups in total. The molecule has 13 nitrogen and oxygen atoms in total. The number of hydrogen-bond donors (Lipinski definition) is 6. The van der Waals surface area contributed by atoms with Crippen LogP contribution in [0.15, 0.2) is 42.7 Å². The maximum Gasteiger partial charge on any atom is 0.407 e. The highest BCUT2D eigenvalue weighted by molar-refractivity contribution is 5.97. The molecule has 2 rings (SSSR count). The van der Waals surface area contributed by atoms with Gasteiger partial charge in [-0.15, -0.1) is 0 Å². The van der Waals surface area contributed by atoms with Crippen LogP contribution in [0.25, 0.3) is 0 Å². The van der Waals surface area contributed by atoms with Crippen molar-refractivity contribution in [3.05, 3.63) is 53.9 Å². The lowest BCUT2D eigenvalue weighted by molar-refractivity contribution is -0.139. The average Bonchev–Trinajstić information content (AvgIpc) is 2.96. The molecule has 1 aromatic carbocycles. The normalized spacial score (nSPS) is 11.1. The number of amides is 4. The molecule has 41 heavy (non-hydrogen) atoms. The summed E-state index contributed by atoms with van der Waals surface area (Å²) < 4.78 is 10.5. The van der Waals surface area contributed by atoms with E-state index in [2.05, 4.69) is 33.2 Å². The van der Waals surface area contributed by atoms with Gasteiger partial charge < -0.3 is 41.0 Å². The van der Waals surface area contributed by atoms with Gasteiger partial charge in [0.25, 0.3) is 5.91 Å². The topological polar surface area (TPSA) is 188 Å². The Balaban J connectivity index is 1.70. The highest BCUT2D eigenvalue weighted by atomic mass is 16.5. The molecule has 0 aliphatic heterocycles. The Kier molecular flexibility index (Phi) is 14.9. The molecule has 0 radical (unpaired) electrons. The summed E-state index contributed by atoms with van der Waals surface area (Å²) >= 11 is 0. The first-order chi connectivity index (χ1) is 19.8. The zero-order valence-electron chi connectivity index (χ0n) is 23.2. The molecule has 0 unspecified atom stereocenters. The number of carboxylic acid groups (broad SMARTS) is 1. The van der Waals surface area contributed by atoms with Gasteiger partial charge in [-0.25, -0.2) is 14.4 Å². The van der Waals surface area contributed by atoms with Gasteiger partial charge in [0.05, 0.1) is 18.7 Å². The molecule has 0 aliphatic carbocycles. The summed E-state index contributed by atoms with van der Waals surface area (Å²) in [4.78, 5) is 51.8. The van der Waals surface area contributed by atoms with E-state index in [9.17, 15) is 29.4 Å². The smallest absolute Gasteiger partial charge is 0.407 e. The number of aromatic nitrogens is 1. The van der Waals surface area contributed by atoms with Crippen LogP contribution in [0.2, 0.25) is 0 Å². The highest BCUT2D eigenvalue weighted by Crippen LogP contribution is 2.23. The van der Waals surface area contributed by atoms with Crippen LogP contribution < -0.4 is 26.0 Å². The highest BCUT2D eigenvalue weighted by Gasteiger charge is 2.22. The summed E-state index contributed by atoms with van der Waals surface area (Å²) in [6.07, 6.45) is 8.48. The third-order valence-electron chi connectivity index (χ3n) is 5.83. The second kappa shape index (κ2) is 18.7. The number of alkyl carbamates (subject to hydrolysis) is 1. The van der Waals surface area contributed by atoms with Crippen LogP contribution in [0, 0.1) is 0 Å². The molecule has 0 bridgehead atoms. The van der Waals surface area contributed by atoms with E-state index in [0.29, 0.717) is 13.0 Å². The van der Waals surface area contributed by atoms with E-state index in [4.69, 9.17) is 9.47 Å². The van der Waals surface area contributed by atoms with Crippen molar-refractivity contribution in [2.75, 3.05) is 26.3 Å². The predicted octanol–water partition coefficient (Wildman–Crippen LogP) is 2.94. The Hall–Kier alpha value is -4.55. The fourth-order valence-electron chi connectivity index (χ4n) is 3.60. The maximum absolute atomic E-state index is 12.5. The van der Waals surface area contributed by atoms with Gasteiger partial charge in [-0.1, -0.05) is 45.1 Å². The number of carboxylic acids is 1. The van der Waals surface area contributed by atoms with E-state index >= 15 is 0 Å². The van der Waals surface area contributed by atoms with Gasteiger partial charge in [0.1, 0.15) is 24.1 Å². The maximum atomic E-state index is 12.5. The number of carbonyl (C=O) groups is 4. The Bertz CT molecular complexity index is 1120. The van der Waals surface area contributed by atoms with Crippen LogP contribution in [0.1, 0.15) is 61.4 Å². The van der Waals surface area contributed by atoms with E-state index in [1.165, 1.54) is 18.2 Å². The quantitative estimate of drug-likeness (QED) is 0.146. The molecule has 0 fully saturated rings. The third kappa shape index (κ3) is 13.4. The number of carbonyl (C=O) groups excluding carboxylic acids is 3. The Morgan fingerprint density at radius 3 is 2.46 bits per heavy atom. The monoisotopic (exact) mass is 573 g/mol. The largest absolute Gasteiger partial charge is 0.507 e. The number of phenolic OH excluding ortho intramolecular Hbond substituents is 1. The van der Waals surface area contributed by atoms with Gasteiger partial charge in [0, 0.05) is 31.5 Å². The van der Waals surface area contributed by atoms with Crippen LogP contribution in [0.5, 0.6) is 11.5 Å². The molecule has 0 saturated heterocycles. The number of nitrogens with zero attached hydrogens (tertiary/aromatic N) is 1. The van der Waals surface area contributed by atoms with Crippen molar-refractivity contribution in [3.8, 4) is 11.5 Å². The van der Waals surface area contributed by atoms with Gasteiger partial charge in [-0.2, -0.15) is 0 Å². The van der Waals surface area contributed by atoms with E-state index in [-0.39, 0.29) is 42.9 Å². The number of hydrogen-bond acceptors (Lipinski definition) is 8. The zero-order valence-corrected chi connectivity index (χ0v) is 23.2. The molecule has 0 aliphatic rings. The number of phenols is 1. The summed E-state index contributed by atoms with van der Waals surface area (Å²) in [6.45, 7) is 2.49. The summed E-state index contributed by atoms with van der Waals surface area (Å²) in [5.41, 5.74) is 0.745. The number of pyridine rings is 1. The van der Waals surface area contributed by atoms with Crippen molar-refractivity contribution >= 4 is 24.0 Å². The average molecular weight is 574 g/mol. The number of aliphatic carboxylic acids is 1. The fraction of sp³-hybridized carbons (Fsp3) is 0.464. The van der Waals surface area contributed by atoms with Crippen LogP contribution >= 0.6 is 0 Å². The van der Waals surface area contributed by atoms with Crippen molar-refractivity contribution < 1.29 is 38.9 Å². The van der Waals surface area contributed by atoms with Gasteiger partial charge in [-0.3, -0.25) is 9.78 Å². The van der Waals surface area contributed by atoms with Crippen molar-refractivity contribution in [2.24, 2.45) is 0 Å². The number of urea groups is 1. The minimum absolute atomic E-state index is 0.103. The number of benzene rings is 1. The van der Waals surface area contributed by atoms with Crippen LogP contribution in [0.3, 0.4) is 0 Å². The standard InChI is InChI=1S/C28H39N5O8/c1-2-3-4-5-6-7-14-41-28(39)33-23(26(36)37)19-31-25(35)22-11-10-21(16-24(22)34)40-15-13-30-27(38)32-18-20-9-8-12-29-17-20/h8-12,16-17,23,34H,2-7,13-15,18-19H2,1H3,(H,31,35)(H,33,39)(H,36,37)(H2,30,32,38)/t23-/m0/s1. The first-order valence-corrected chi connectivity index (χ1v) is 13.6. The molecule has 0 spiro atoms. The van der Waals surface area contributed by atoms with Gasteiger partial charge >= 0.3 is 18.1 Å².